The van der Waals surface area contributed by atoms with Crippen LogP contribution < -0.4 is 14.9 Å². The van der Waals surface area contributed by atoms with E-state index in [2.05, 4.69) is 4.57 Å². The topological polar surface area (TPSA) is 65.6 Å². The van der Waals surface area contributed by atoms with Crippen LogP contribution in [0.5, 0.6) is 0 Å². The molecule has 0 unspecified atom stereocenters. The van der Waals surface area contributed by atoms with E-state index in [9.17, 15) is 14.0 Å². The van der Waals surface area contributed by atoms with Crippen LogP contribution in [0.1, 0.15) is 36.6 Å². The van der Waals surface area contributed by atoms with E-state index in [-0.39, 0.29) is 18.0 Å². The van der Waals surface area contributed by atoms with Crippen molar-refractivity contribution in [2.45, 2.75) is 26.4 Å². The first-order valence-electron chi connectivity index (χ1n) is 14.4. The van der Waals surface area contributed by atoms with Gasteiger partial charge in [-0.3, -0.25) is 9.36 Å². The summed E-state index contributed by atoms with van der Waals surface area (Å²) >= 11 is 1.31. The molecule has 0 aliphatic carbocycles. The first kappa shape index (κ1) is 27.7. The van der Waals surface area contributed by atoms with Crippen LogP contribution in [0.15, 0.2) is 118 Å². The van der Waals surface area contributed by atoms with Gasteiger partial charge >= 0.3 is 5.97 Å². The van der Waals surface area contributed by atoms with Crippen molar-refractivity contribution in [1.29, 1.82) is 0 Å². The van der Waals surface area contributed by atoms with Crippen molar-refractivity contribution in [3.8, 4) is 0 Å². The summed E-state index contributed by atoms with van der Waals surface area (Å²) in [5.41, 5.74) is 4.36. The van der Waals surface area contributed by atoms with Crippen LogP contribution in [0.4, 0.5) is 4.39 Å². The summed E-state index contributed by atoms with van der Waals surface area (Å²) in [5, 5.41) is 2.96. The number of thiazole rings is 1. The van der Waals surface area contributed by atoms with Gasteiger partial charge in [-0.05, 0) is 60.0 Å². The lowest BCUT2D eigenvalue weighted by atomic mass is 9.91. The van der Waals surface area contributed by atoms with Crippen LogP contribution in [0.3, 0.4) is 0 Å². The maximum atomic E-state index is 14.3. The molecule has 6 aromatic rings. The fourth-order valence-corrected chi connectivity index (χ4v) is 7.06. The second-order valence-electron chi connectivity index (χ2n) is 10.7. The molecule has 0 N–H and O–H groups in total. The Balaban J connectivity index is 1.42. The summed E-state index contributed by atoms with van der Waals surface area (Å²) in [6.07, 6.45) is 3.92. The predicted molar refractivity (Wildman–Crippen MR) is 172 cm³/mol. The van der Waals surface area contributed by atoms with Crippen molar-refractivity contribution in [3.05, 3.63) is 151 Å². The summed E-state index contributed by atoms with van der Waals surface area (Å²) < 4.78 is 23.3. The van der Waals surface area contributed by atoms with Crippen LogP contribution in [-0.2, 0) is 16.1 Å². The van der Waals surface area contributed by atoms with Gasteiger partial charge in [0.15, 0.2) is 4.80 Å². The average molecular weight is 602 g/mol. The van der Waals surface area contributed by atoms with Crippen molar-refractivity contribution in [2.24, 2.45) is 4.99 Å². The van der Waals surface area contributed by atoms with Crippen LogP contribution in [0.2, 0.25) is 0 Å². The molecule has 44 heavy (non-hydrogen) atoms. The quantitative estimate of drug-likeness (QED) is 0.217. The number of halogens is 1. The van der Waals surface area contributed by atoms with Crippen molar-refractivity contribution < 1.29 is 13.9 Å². The van der Waals surface area contributed by atoms with Gasteiger partial charge in [0, 0.05) is 29.2 Å². The number of ether oxygens (including phenoxy) is 1. The van der Waals surface area contributed by atoms with Crippen LogP contribution in [0.25, 0.3) is 27.8 Å². The van der Waals surface area contributed by atoms with Crippen molar-refractivity contribution in [3.63, 3.8) is 0 Å². The van der Waals surface area contributed by atoms with E-state index in [1.54, 1.807) is 30.5 Å². The number of rotatable bonds is 6. The number of aromatic nitrogens is 2. The van der Waals surface area contributed by atoms with Crippen LogP contribution in [-0.4, -0.2) is 21.7 Å². The van der Waals surface area contributed by atoms with E-state index < -0.39 is 12.0 Å². The number of para-hydroxylation sites is 1. The fourth-order valence-electron chi connectivity index (χ4n) is 6.02. The van der Waals surface area contributed by atoms with Crippen molar-refractivity contribution in [2.75, 3.05) is 6.61 Å². The first-order chi connectivity index (χ1) is 21.4. The van der Waals surface area contributed by atoms with Gasteiger partial charge in [-0.2, -0.15) is 0 Å². The Morgan fingerprint density at radius 1 is 0.977 bits per heavy atom. The van der Waals surface area contributed by atoms with Gasteiger partial charge in [0.2, 0.25) is 0 Å². The zero-order chi connectivity index (χ0) is 30.4. The third kappa shape index (κ3) is 4.77. The molecule has 0 fully saturated rings. The number of carbonyl (C=O) groups is 1. The number of hydrogen-bond donors (Lipinski definition) is 0. The molecule has 0 bridgehead atoms. The zero-order valence-electron chi connectivity index (χ0n) is 24.2. The second-order valence-corrected chi connectivity index (χ2v) is 11.7. The maximum Gasteiger partial charge on any atom is 0.338 e. The molecule has 1 aliphatic heterocycles. The Kier molecular flexibility index (Phi) is 7.06. The minimum Gasteiger partial charge on any atom is -0.463 e. The molecule has 1 atom stereocenters. The Morgan fingerprint density at radius 3 is 2.50 bits per heavy atom. The van der Waals surface area contributed by atoms with Gasteiger partial charge in [0.25, 0.3) is 5.56 Å². The Morgan fingerprint density at radius 2 is 1.70 bits per heavy atom. The van der Waals surface area contributed by atoms with Gasteiger partial charge in [0.1, 0.15) is 5.82 Å². The van der Waals surface area contributed by atoms with E-state index in [0.29, 0.717) is 27.1 Å². The standard InChI is InChI=1S/C36H28FN3O3S/c1-3-43-35(42)32-22(2)38-36-40(33(32)29-13-8-10-24-9-4-5-11-27(24)29)34(41)31(44-36)19-25-21-39(30-14-7-6-12-28(25)30)20-23-15-17-26(37)18-16-23/h4-19,21,33H,3,20H2,1-2H3/b31-19-/t33-/m1/s1. The van der Waals surface area contributed by atoms with Gasteiger partial charge in [0.05, 0.1) is 28.5 Å². The third-order valence-corrected chi connectivity index (χ3v) is 8.99. The highest BCUT2D eigenvalue weighted by atomic mass is 32.1. The SMILES string of the molecule is CCOC(=O)C1=C(C)N=c2s/c(=C\c3cn(Cc4ccc(F)cc4)c4ccccc34)c(=O)n2[C@@H]1c1cccc2ccccc12. The highest BCUT2D eigenvalue weighted by Crippen LogP contribution is 2.35. The van der Waals surface area contributed by atoms with Crippen LogP contribution >= 0.6 is 11.3 Å². The summed E-state index contributed by atoms with van der Waals surface area (Å²) in [5.74, 6) is -0.754. The number of carbonyl (C=O) groups excluding carboxylic acids is 1. The highest BCUT2D eigenvalue weighted by Gasteiger charge is 2.34. The second kappa shape index (κ2) is 11.2. The minimum atomic E-state index is -0.696. The molecular weight excluding hydrogens is 573 g/mol. The van der Waals surface area contributed by atoms with E-state index in [1.165, 1.54) is 23.5 Å². The van der Waals surface area contributed by atoms with E-state index in [4.69, 9.17) is 9.73 Å². The summed E-state index contributed by atoms with van der Waals surface area (Å²) in [6, 6.07) is 27.7. The lowest BCUT2D eigenvalue weighted by Gasteiger charge is -2.25. The number of esters is 1. The molecule has 3 heterocycles. The first-order valence-corrected chi connectivity index (χ1v) is 15.2. The molecule has 0 saturated heterocycles. The number of allylic oxidation sites excluding steroid dienone is 1. The highest BCUT2D eigenvalue weighted by molar-refractivity contribution is 7.07. The Bertz CT molecular complexity index is 2290. The molecule has 0 amide bonds. The number of hydrogen-bond acceptors (Lipinski definition) is 5. The van der Waals surface area contributed by atoms with Gasteiger partial charge < -0.3 is 9.30 Å². The molecule has 7 rings (SSSR count). The zero-order valence-corrected chi connectivity index (χ0v) is 25.0. The third-order valence-electron chi connectivity index (χ3n) is 8.01. The molecular formula is C36H28FN3O3S. The molecule has 218 valence electrons. The van der Waals surface area contributed by atoms with E-state index in [0.717, 1.165) is 38.4 Å². The van der Waals surface area contributed by atoms with E-state index >= 15 is 0 Å². The van der Waals surface area contributed by atoms with Crippen LogP contribution in [0, 0.1) is 5.82 Å². The summed E-state index contributed by atoms with van der Waals surface area (Å²) in [6.45, 7) is 4.33. The Hall–Kier alpha value is -5.08. The summed E-state index contributed by atoms with van der Waals surface area (Å²) in [4.78, 5) is 33.0. The number of fused-ring (bicyclic) bond motifs is 3. The monoisotopic (exact) mass is 601 g/mol. The normalized spacial score (nSPS) is 15.1. The van der Waals surface area contributed by atoms with Crippen molar-refractivity contribution >= 4 is 45.1 Å². The predicted octanol–water partition coefficient (Wildman–Crippen LogP) is 6.09. The van der Waals surface area contributed by atoms with Gasteiger partial charge in [-0.25, -0.2) is 14.2 Å². The van der Waals surface area contributed by atoms with Crippen molar-refractivity contribution in [1.82, 2.24) is 9.13 Å². The number of benzene rings is 4. The fraction of sp³-hybridized carbons (Fsp3) is 0.139. The molecule has 0 radical (unpaired) electrons. The average Bonchev–Trinajstić information content (AvgIpc) is 3.53. The lowest BCUT2D eigenvalue weighted by molar-refractivity contribution is -0.139. The molecule has 0 saturated carbocycles. The molecule has 6 nitrogen and oxygen atoms in total. The minimum absolute atomic E-state index is 0.213. The molecule has 2 aromatic heterocycles. The molecule has 4 aromatic carbocycles. The smallest absolute Gasteiger partial charge is 0.338 e. The summed E-state index contributed by atoms with van der Waals surface area (Å²) in [7, 11) is 0. The number of nitrogens with zero attached hydrogens (tertiary/aromatic N) is 3. The molecule has 1 aliphatic rings. The lowest BCUT2D eigenvalue weighted by Crippen LogP contribution is -2.40. The molecule has 8 heteroatoms. The largest absolute Gasteiger partial charge is 0.463 e. The van der Waals surface area contributed by atoms with Gasteiger partial charge in [-0.1, -0.05) is 84.1 Å². The van der Waals surface area contributed by atoms with E-state index in [1.807, 2.05) is 79.0 Å². The molecule has 0 spiro atoms. The maximum absolute atomic E-state index is 14.3. The Labute approximate surface area is 256 Å². The van der Waals surface area contributed by atoms with Gasteiger partial charge in [-0.15, -0.1) is 0 Å².